The van der Waals surface area contributed by atoms with Crippen molar-refractivity contribution in [1.82, 2.24) is 4.90 Å². The predicted octanol–water partition coefficient (Wildman–Crippen LogP) is 5.08. The number of carbonyl (C=O) groups is 1. The summed E-state index contributed by atoms with van der Waals surface area (Å²) in [7, 11) is 0. The molecule has 0 unspecified atom stereocenters. The molecule has 1 saturated carbocycles. The van der Waals surface area contributed by atoms with Crippen molar-refractivity contribution in [3.05, 3.63) is 71.8 Å². The molecule has 1 fully saturated rings. The lowest BCUT2D eigenvalue weighted by molar-refractivity contribution is -0.133. The zero-order chi connectivity index (χ0) is 19.6. The van der Waals surface area contributed by atoms with Crippen molar-refractivity contribution in [2.75, 3.05) is 6.79 Å². The van der Waals surface area contributed by atoms with Gasteiger partial charge in [0.15, 0.2) is 11.5 Å². The monoisotopic (exact) mass is 387 g/mol. The highest BCUT2D eigenvalue weighted by molar-refractivity contribution is 5.90. The van der Waals surface area contributed by atoms with Gasteiger partial charge in [-0.15, -0.1) is 0 Å². The fourth-order valence-electron chi connectivity index (χ4n) is 4.58. The zero-order valence-electron chi connectivity index (χ0n) is 16.5. The SMILES string of the molecule is O=C(Cc1cccc2ccccc12)N(Cc1ccc2c(c1)OCO2)C1CCCC1. The number of rotatable bonds is 5. The number of nitrogens with zero attached hydrogens (tertiary/aromatic N) is 1. The van der Waals surface area contributed by atoms with Crippen molar-refractivity contribution in [3.8, 4) is 11.5 Å². The standard InChI is InChI=1S/C25H25NO3/c27-25(15-20-8-5-7-19-6-1-4-11-22(19)20)26(21-9-2-3-10-21)16-18-12-13-23-24(14-18)29-17-28-23/h1,4-8,11-14,21H,2-3,9-10,15-17H2. The van der Waals surface area contributed by atoms with E-state index >= 15 is 0 Å². The molecule has 5 rings (SSSR count). The fraction of sp³-hybridized carbons (Fsp3) is 0.320. The largest absolute Gasteiger partial charge is 0.454 e. The smallest absolute Gasteiger partial charge is 0.231 e. The van der Waals surface area contributed by atoms with E-state index in [2.05, 4.69) is 29.2 Å². The summed E-state index contributed by atoms with van der Waals surface area (Å²) in [6.07, 6.45) is 5.01. The van der Waals surface area contributed by atoms with Crippen molar-refractivity contribution < 1.29 is 14.3 Å². The van der Waals surface area contributed by atoms with Crippen molar-refractivity contribution in [2.24, 2.45) is 0 Å². The molecule has 4 nitrogen and oxygen atoms in total. The highest BCUT2D eigenvalue weighted by Crippen LogP contribution is 2.34. The predicted molar refractivity (Wildman–Crippen MR) is 113 cm³/mol. The van der Waals surface area contributed by atoms with Crippen LogP contribution in [0.1, 0.15) is 36.8 Å². The van der Waals surface area contributed by atoms with E-state index in [0.29, 0.717) is 19.0 Å². The van der Waals surface area contributed by atoms with E-state index in [0.717, 1.165) is 40.9 Å². The van der Waals surface area contributed by atoms with Crippen LogP contribution in [0.2, 0.25) is 0 Å². The molecule has 1 amide bonds. The highest BCUT2D eigenvalue weighted by Gasteiger charge is 2.27. The van der Waals surface area contributed by atoms with Crippen LogP contribution < -0.4 is 9.47 Å². The van der Waals surface area contributed by atoms with Gasteiger partial charge in [0.25, 0.3) is 0 Å². The molecule has 3 aromatic carbocycles. The van der Waals surface area contributed by atoms with E-state index < -0.39 is 0 Å². The minimum absolute atomic E-state index is 0.200. The third-order valence-electron chi connectivity index (χ3n) is 6.10. The molecule has 0 radical (unpaired) electrons. The lowest BCUT2D eigenvalue weighted by Gasteiger charge is -2.29. The minimum atomic E-state index is 0.200. The lowest BCUT2D eigenvalue weighted by Crippen LogP contribution is -2.39. The maximum atomic E-state index is 13.5. The van der Waals surface area contributed by atoms with Gasteiger partial charge in [-0.1, -0.05) is 61.4 Å². The summed E-state index contributed by atoms with van der Waals surface area (Å²) >= 11 is 0. The van der Waals surface area contributed by atoms with Crippen LogP contribution >= 0.6 is 0 Å². The number of carbonyl (C=O) groups excluding carboxylic acids is 1. The lowest BCUT2D eigenvalue weighted by atomic mass is 10.0. The van der Waals surface area contributed by atoms with Crippen LogP contribution in [0, 0.1) is 0 Å². The van der Waals surface area contributed by atoms with E-state index in [4.69, 9.17) is 9.47 Å². The third-order valence-corrected chi connectivity index (χ3v) is 6.10. The van der Waals surface area contributed by atoms with Crippen molar-refractivity contribution in [1.29, 1.82) is 0 Å². The van der Waals surface area contributed by atoms with Crippen LogP contribution in [0.5, 0.6) is 11.5 Å². The first-order valence-electron chi connectivity index (χ1n) is 10.4. The second-order valence-electron chi connectivity index (χ2n) is 7.96. The third kappa shape index (κ3) is 3.67. The molecule has 3 aromatic rings. The van der Waals surface area contributed by atoms with Crippen LogP contribution in [0.15, 0.2) is 60.7 Å². The molecule has 1 aliphatic carbocycles. The Labute approximate surface area is 171 Å². The second kappa shape index (κ2) is 7.78. The van der Waals surface area contributed by atoms with Gasteiger partial charge in [-0.2, -0.15) is 0 Å². The van der Waals surface area contributed by atoms with Gasteiger partial charge in [-0.3, -0.25) is 4.79 Å². The topological polar surface area (TPSA) is 38.8 Å². The van der Waals surface area contributed by atoms with Gasteiger partial charge in [-0.05, 0) is 46.9 Å². The number of fused-ring (bicyclic) bond motifs is 2. The Morgan fingerprint density at radius 2 is 1.72 bits per heavy atom. The Kier molecular flexibility index (Phi) is 4.84. The average molecular weight is 387 g/mol. The van der Waals surface area contributed by atoms with E-state index in [9.17, 15) is 4.79 Å². The number of ether oxygens (including phenoxy) is 2. The molecular weight excluding hydrogens is 362 g/mol. The number of hydrogen-bond donors (Lipinski definition) is 0. The first kappa shape index (κ1) is 18.0. The normalized spacial score (nSPS) is 15.7. The van der Waals surface area contributed by atoms with Gasteiger partial charge < -0.3 is 14.4 Å². The van der Waals surface area contributed by atoms with Crippen molar-refractivity contribution in [2.45, 2.75) is 44.7 Å². The molecule has 2 aliphatic rings. The van der Waals surface area contributed by atoms with Crippen LogP contribution in [0.4, 0.5) is 0 Å². The van der Waals surface area contributed by atoms with Gasteiger partial charge in [0.1, 0.15) is 0 Å². The first-order valence-corrected chi connectivity index (χ1v) is 10.4. The molecule has 1 heterocycles. The quantitative estimate of drug-likeness (QED) is 0.613. The molecule has 29 heavy (non-hydrogen) atoms. The fourth-order valence-corrected chi connectivity index (χ4v) is 4.58. The summed E-state index contributed by atoms with van der Waals surface area (Å²) in [5.41, 5.74) is 2.19. The van der Waals surface area contributed by atoms with Gasteiger partial charge in [0, 0.05) is 12.6 Å². The summed E-state index contributed by atoms with van der Waals surface area (Å²) < 4.78 is 10.9. The van der Waals surface area contributed by atoms with E-state index in [1.807, 2.05) is 36.4 Å². The summed E-state index contributed by atoms with van der Waals surface area (Å²) in [6.45, 7) is 0.885. The molecule has 0 atom stereocenters. The summed E-state index contributed by atoms with van der Waals surface area (Å²) in [5.74, 6) is 1.75. The zero-order valence-corrected chi connectivity index (χ0v) is 16.5. The summed E-state index contributed by atoms with van der Waals surface area (Å²) in [6, 6.07) is 20.8. The number of amides is 1. The van der Waals surface area contributed by atoms with E-state index in [1.165, 1.54) is 18.2 Å². The Hall–Kier alpha value is -3.01. The van der Waals surface area contributed by atoms with Crippen LogP contribution in [0.25, 0.3) is 10.8 Å². The molecule has 4 heteroatoms. The molecule has 0 spiro atoms. The summed E-state index contributed by atoms with van der Waals surface area (Å²) in [5, 5.41) is 2.35. The van der Waals surface area contributed by atoms with E-state index in [-0.39, 0.29) is 12.7 Å². The summed E-state index contributed by atoms with van der Waals surface area (Å²) in [4.78, 5) is 15.5. The first-order chi connectivity index (χ1) is 14.3. The van der Waals surface area contributed by atoms with Crippen LogP contribution in [-0.2, 0) is 17.8 Å². The van der Waals surface area contributed by atoms with Gasteiger partial charge in [-0.25, -0.2) is 0 Å². The number of benzene rings is 3. The average Bonchev–Trinajstić information content (AvgIpc) is 3.44. The Balaban J connectivity index is 1.41. The molecule has 148 valence electrons. The van der Waals surface area contributed by atoms with Crippen molar-refractivity contribution in [3.63, 3.8) is 0 Å². The molecule has 0 saturated heterocycles. The Morgan fingerprint density at radius 3 is 2.62 bits per heavy atom. The molecular formula is C25H25NO3. The molecule has 0 bridgehead atoms. The Morgan fingerprint density at radius 1 is 0.931 bits per heavy atom. The van der Waals surface area contributed by atoms with Crippen molar-refractivity contribution >= 4 is 16.7 Å². The highest BCUT2D eigenvalue weighted by atomic mass is 16.7. The Bertz CT molecular complexity index is 1030. The maximum Gasteiger partial charge on any atom is 0.231 e. The maximum absolute atomic E-state index is 13.5. The van der Waals surface area contributed by atoms with Crippen LogP contribution in [-0.4, -0.2) is 23.6 Å². The van der Waals surface area contributed by atoms with Gasteiger partial charge in [0.05, 0.1) is 6.42 Å². The van der Waals surface area contributed by atoms with E-state index in [1.54, 1.807) is 0 Å². The molecule has 0 N–H and O–H groups in total. The van der Waals surface area contributed by atoms with Gasteiger partial charge in [0.2, 0.25) is 12.7 Å². The number of hydrogen-bond acceptors (Lipinski definition) is 3. The van der Waals surface area contributed by atoms with Gasteiger partial charge >= 0.3 is 0 Å². The molecule has 0 aromatic heterocycles. The molecule has 1 aliphatic heterocycles. The van der Waals surface area contributed by atoms with Crippen LogP contribution in [0.3, 0.4) is 0 Å². The second-order valence-corrected chi connectivity index (χ2v) is 7.96. The minimum Gasteiger partial charge on any atom is -0.454 e.